The van der Waals surface area contributed by atoms with Crippen LogP contribution in [-0.2, 0) is 11.2 Å². The maximum atomic E-state index is 11.2. The van der Waals surface area contributed by atoms with Gasteiger partial charge in [-0.3, -0.25) is 4.79 Å². The van der Waals surface area contributed by atoms with Crippen molar-refractivity contribution in [2.75, 3.05) is 26.2 Å². The summed E-state index contributed by atoms with van der Waals surface area (Å²) in [5, 5.41) is 9.87. The van der Waals surface area contributed by atoms with Gasteiger partial charge in [0.1, 0.15) is 23.9 Å². The number of ether oxygens (including phenoxy) is 2. The Labute approximate surface area is 187 Å². The number of aliphatic hydroxyl groups excluding tert-OH is 1. The highest BCUT2D eigenvalue weighted by molar-refractivity contribution is 5.85. The lowest BCUT2D eigenvalue weighted by Gasteiger charge is -2.31. The van der Waals surface area contributed by atoms with Crippen LogP contribution in [-0.4, -0.2) is 58.2 Å². The summed E-state index contributed by atoms with van der Waals surface area (Å²) in [6.45, 7) is 4.65. The van der Waals surface area contributed by atoms with Crippen LogP contribution < -0.4 is 15.2 Å². The van der Waals surface area contributed by atoms with Crippen LogP contribution in [0.2, 0.25) is 0 Å². The number of hydrogen-bond acceptors (Lipinski definition) is 7. The summed E-state index contributed by atoms with van der Waals surface area (Å²) < 4.78 is 12.3. The SMILES string of the molecule is Cc1cc(CC(N)=O)ccc1Oc1ncnc2ccc(OC3CCN(CCO)CC3)cc12. The number of likely N-dealkylation sites (tertiary alicyclic amines) is 1. The summed E-state index contributed by atoms with van der Waals surface area (Å²) in [6.07, 6.45) is 3.65. The molecule has 0 bridgehead atoms. The zero-order valence-corrected chi connectivity index (χ0v) is 18.2. The predicted molar refractivity (Wildman–Crippen MR) is 121 cm³/mol. The van der Waals surface area contributed by atoms with Gasteiger partial charge in [0.2, 0.25) is 11.8 Å². The molecule has 4 rings (SSSR count). The largest absolute Gasteiger partial charge is 0.490 e. The molecule has 0 radical (unpaired) electrons. The van der Waals surface area contributed by atoms with Crippen LogP contribution >= 0.6 is 0 Å². The van der Waals surface area contributed by atoms with Crippen LogP contribution in [0.1, 0.15) is 24.0 Å². The number of fused-ring (bicyclic) bond motifs is 1. The van der Waals surface area contributed by atoms with Crippen molar-refractivity contribution in [3.05, 3.63) is 53.9 Å². The summed E-state index contributed by atoms with van der Waals surface area (Å²) in [7, 11) is 0. The van der Waals surface area contributed by atoms with E-state index in [1.165, 1.54) is 6.33 Å². The van der Waals surface area contributed by atoms with Crippen molar-refractivity contribution in [1.29, 1.82) is 0 Å². The molecule has 1 amide bonds. The first-order valence-corrected chi connectivity index (χ1v) is 10.8. The normalized spacial score (nSPS) is 15.1. The lowest BCUT2D eigenvalue weighted by Crippen LogP contribution is -2.39. The molecule has 1 aromatic heterocycles. The second-order valence-corrected chi connectivity index (χ2v) is 8.09. The van der Waals surface area contributed by atoms with Gasteiger partial charge in [0, 0.05) is 19.6 Å². The van der Waals surface area contributed by atoms with E-state index in [4.69, 9.17) is 20.3 Å². The van der Waals surface area contributed by atoms with E-state index in [0.29, 0.717) is 18.2 Å². The molecule has 0 spiro atoms. The fourth-order valence-electron chi connectivity index (χ4n) is 3.99. The quantitative estimate of drug-likeness (QED) is 0.558. The molecule has 2 heterocycles. The van der Waals surface area contributed by atoms with Crippen molar-refractivity contribution in [3.63, 3.8) is 0 Å². The summed E-state index contributed by atoms with van der Waals surface area (Å²) in [5.41, 5.74) is 7.79. The number of primary amides is 1. The number of β-amino-alcohol motifs (C(OH)–C–C–N with tert-alkyl or cyclic N) is 1. The van der Waals surface area contributed by atoms with Gasteiger partial charge in [-0.25, -0.2) is 9.97 Å². The number of nitrogens with zero attached hydrogens (tertiary/aromatic N) is 3. The maximum absolute atomic E-state index is 11.2. The van der Waals surface area contributed by atoms with Crippen LogP contribution in [0.5, 0.6) is 17.4 Å². The summed E-state index contributed by atoms with van der Waals surface area (Å²) >= 11 is 0. The Morgan fingerprint density at radius 2 is 2.00 bits per heavy atom. The Hall–Kier alpha value is -3.23. The molecule has 8 nitrogen and oxygen atoms in total. The molecular formula is C24H28N4O4. The van der Waals surface area contributed by atoms with E-state index in [-0.39, 0.29) is 25.0 Å². The number of amides is 1. The number of nitrogens with two attached hydrogens (primary N) is 1. The average Bonchev–Trinajstić information content (AvgIpc) is 2.77. The van der Waals surface area contributed by atoms with E-state index in [9.17, 15) is 4.79 Å². The standard InChI is InChI=1S/C24H28N4O4/c1-16-12-17(13-23(25)30)2-5-22(16)32-24-20-14-19(3-4-21(20)26-15-27-24)31-18-6-8-28(9-7-18)10-11-29/h2-5,12,14-15,18,29H,6-11,13H2,1H3,(H2,25,30). The molecule has 1 aliphatic rings. The molecule has 168 valence electrons. The number of benzene rings is 2. The summed E-state index contributed by atoms with van der Waals surface area (Å²) in [4.78, 5) is 22.1. The van der Waals surface area contributed by atoms with Gasteiger partial charge in [-0.2, -0.15) is 0 Å². The fraction of sp³-hybridized carbons (Fsp3) is 0.375. The predicted octanol–water partition coefficient (Wildman–Crippen LogP) is 2.59. The van der Waals surface area contributed by atoms with Gasteiger partial charge in [-0.15, -0.1) is 0 Å². The first-order chi connectivity index (χ1) is 15.5. The lowest BCUT2D eigenvalue weighted by atomic mass is 10.1. The van der Waals surface area contributed by atoms with E-state index in [2.05, 4.69) is 14.9 Å². The molecule has 0 saturated carbocycles. The summed E-state index contributed by atoms with van der Waals surface area (Å²) in [5.74, 6) is 1.49. The molecule has 1 aliphatic heterocycles. The molecule has 0 unspecified atom stereocenters. The number of aromatic nitrogens is 2. The molecular weight excluding hydrogens is 408 g/mol. The van der Waals surface area contributed by atoms with Crippen LogP contribution in [0.15, 0.2) is 42.7 Å². The van der Waals surface area contributed by atoms with Crippen LogP contribution in [0.3, 0.4) is 0 Å². The highest BCUT2D eigenvalue weighted by Crippen LogP contribution is 2.32. The van der Waals surface area contributed by atoms with Gasteiger partial charge < -0.3 is 25.2 Å². The monoisotopic (exact) mass is 436 g/mol. The Balaban J connectivity index is 1.51. The lowest BCUT2D eigenvalue weighted by molar-refractivity contribution is -0.117. The van der Waals surface area contributed by atoms with Gasteiger partial charge in [0.15, 0.2) is 0 Å². The van der Waals surface area contributed by atoms with Gasteiger partial charge in [0.25, 0.3) is 0 Å². The smallest absolute Gasteiger partial charge is 0.230 e. The van der Waals surface area contributed by atoms with E-state index in [1.54, 1.807) is 0 Å². The topological polar surface area (TPSA) is 111 Å². The van der Waals surface area contributed by atoms with Gasteiger partial charge >= 0.3 is 0 Å². The Bertz CT molecular complexity index is 1100. The highest BCUT2D eigenvalue weighted by Gasteiger charge is 2.20. The number of carbonyl (C=O) groups is 1. The second kappa shape index (κ2) is 9.93. The molecule has 32 heavy (non-hydrogen) atoms. The van der Waals surface area contributed by atoms with Gasteiger partial charge in [-0.1, -0.05) is 12.1 Å². The highest BCUT2D eigenvalue weighted by atomic mass is 16.5. The number of piperidine rings is 1. The molecule has 0 atom stereocenters. The number of aliphatic hydroxyl groups is 1. The molecule has 8 heteroatoms. The Morgan fingerprint density at radius 3 is 2.72 bits per heavy atom. The Kier molecular flexibility index (Phi) is 6.82. The first kappa shape index (κ1) is 22.0. The van der Waals surface area contributed by atoms with E-state index >= 15 is 0 Å². The van der Waals surface area contributed by atoms with Gasteiger partial charge in [0.05, 0.1) is 23.9 Å². The minimum atomic E-state index is -0.369. The van der Waals surface area contributed by atoms with Crippen molar-refractivity contribution in [1.82, 2.24) is 14.9 Å². The molecule has 3 N–H and O–H groups in total. The molecule has 3 aromatic rings. The fourth-order valence-corrected chi connectivity index (χ4v) is 3.99. The van der Waals surface area contributed by atoms with Crippen LogP contribution in [0.4, 0.5) is 0 Å². The average molecular weight is 437 g/mol. The minimum absolute atomic E-state index is 0.136. The number of carbonyl (C=O) groups excluding carboxylic acids is 1. The van der Waals surface area contributed by atoms with Crippen molar-refractivity contribution in [3.8, 4) is 17.4 Å². The van der Waals surface area contributed by atoms with Crippen molar-refractivity contribution >= 4 is 16.8 Å². The molecule has 1 fully saturated rings. The molecule has 1 saturated heterocycles. The first-order valence-electron chi connectivity index (χ1n) is 10.8. The zero-order chi connectivity index (χ0) is 22.5. The summed E-state index contributed by atoms with van der Waals surface area (Å²) in [6, 6.07) is 11.3. The number of aryl methyl sites for hydroxylation is 1. The van der Waals surface area contributed by atoms with E-state index < -0.39 is 0 Å². The zero-order valence-electron chi connectivity index (χ0n) is 18.2. The third-order valence-corrected chi connectivity index (χ3v) is 5.65. The molecule has 0 aliphatic carbocycles. The minimum Gasteiger partial charge on any atom is -0.490 e. The number of hydrogen-bond donors (Lipinski definition) is 2. The van der Waals surface area contributed by atoms with Gasteiger partial charge in [-0.05, 0) is 55.2 Å². The number of rotatable bonds is 8. The van der Waals surface area contributed by atoms with Crippen molar-refractivity contribution < 1.29 is 19.4 Å². The Morgan fingerprint density at radius 1 is 1.19 bits per heavy atom. The second-order valence-electron chi connectivity index (χ2n) is 8.09. The maximum Gasteiger partial charge on any atom is 0.230 e. The van der Waals surface area contributed by atoms with E-state index in [0.717, 1.165) is 53.7 Å². The third kappa shape index (κ3) is 5.33. The molecule has 2 aromatic carbocycles. The van der Waals surface area contributed by atoms with Crippen LogP contribution in [0, 0.1) is 6.92 Å². The third-order valence-electron chi connectivity index (χ3n) is 5.65. The van der Waals surface area contributed by atoms with Crippen molar-refractivity contribution in [2.45, 2.75) is 32.3 Å². The van der Waals surface area contributed by atoms with E-state index in [1.807, 2.05) is 43.3 Å². The van der Waals surface area contributed by atoms with Crippen molar-refractivity contribution in [2.24, 2.45) is 5.73 Å². The van der Waals surface area contributed by atoms with Crippen LogP contribution in [0.25, 0.3) is 10.9 Å².